The molecule has 1 fully saturated rings. The second-order valence-electron chi connectivity index (χ2n) is 5.71. The zero-order valence-corrected chi connectivity index (χ0v) is 13.2. The number of fused-ring (bicyclic) bond motifs is 1. The molecule has 0 saturated carbocycles. The molecule has 23 heavy (non-hydrogen) atoms. The van der Waals surface area contributed by atoms with Crippen molar-refractivity contribution in [3.8, 4) is 0 Å². The minimum Gasteiger partial charge on any atom is -0.354 e. The maximum atomic E-state index is 12.3. The van der Waals surface area contributed by atoms with E-state index in [-0.39, 0.29) is 11.7 Å². The number of nitrogens with one attached hydrogen (secondary N) is 1. The fourth-order valence-corrected chi connectivity index (χ4v) is 3.52. The summed E-state index contributed by atoms with van der Waals surface area (Å²) >= 11 is 6.12. The molecule has 0 radical (unpaired) electrons. The second-order valence-corrected chi connectivity index (χ2v) is 6.06. The molecular weight excluding hydrogens is 314 g/mol. The van der Waals surface area contributed by atoms with Crippen molar-refractivity contribution in [2.75, 3.05) is 18.0 Å². The molecule has 1 aliphatic rings. The first-order chi connectivity index (χ1) is 11.2. The molecule has 3 aromatic rings. The summed E-state index contributed by atoms with van der Waals surface area (Å²) in [5.41, 5.74) is 1.81. The molecule has 1 aliphatic heterocycles. The van der Waals surface area contributed by atoms with Crippen LogP contribution in [0, 0.1) is 0 Å². The predicted octanol–water partition coefficient (Wildman–Crippen LogP) is 2.61. The highest BCUT2D eigenvalue weighted by atomic mass is 35.5. The highest BCUT2D eigenvalue weighted by Crippen LogP contribution is 2.29. The van der Waals surface area contributed by atoms with Gasteiger partial charge in [-0.3, -0.25) is 4.57 Å². The molecule has 1 saturated heterocycles. The zero-order chi connectivity index (χ0) is 15.8. The van der Waals surface area contributed by atoms with Gasteiger partial charge >= 0.3 is 5.69 Å². The topological polar surface area (TPSA) is 66.8 Å². The number of halogens is 1. The molecule has 0 spiro atoms. The van der Waals surface area contributed by atoms with Gasteiger partial charge in [-0.2, -0.15) is 0 Å². The number of rotatable bonds is 2. The van der Waals surface area contributed by atoms with E-state index in [1.54, 1.807) is 12.4 Å². The summed E-state index contributed by atoms with van der Waals surface area (Å²) in [7, 11) is 0. The van der Waals surface area contributed by atoms with E-state index in [9.17, 15) is 4.79 Å². The minimum absolute atomic E-state index is 0.0396. The van der Waals surface area contributed by atoms with Crippen molar-refractivity contribution in [3.05, 3.63) is 52.3 Å². The quantitative estimate of drug-likeness (QED) is 0.784. The Bertz CT molecular complexity index is 895. The van der Waals surface area contributed by atoms with E-state index in [1.165, 1.54) is 0 Å². The Morgan fingerprint density at radius 1 is 1.13 bits per heavy atom. The molecule has 2 aromatic heterocycles. The lowest BCUT2D eigenvalue weighted by molar-refractivity contribution is 0.395. The van der Waals surface area contributed by atoms with Crippen LogP contribution in [-0.2, 0) is 0 Å². The van der Waals surface area contributed by atoms with Gasteiger partial charge in [-0.25, -0.2) is 14.8 Å². The van der Waals surface area contributed by atoms with Gasteiger partial charge in [-0.15, -0.1) is 0 Å². The zero-order valence-electron chi connectivity index (χ0n) is 12.4. The number of H-pyrrole nitrogens is 1. The lowest BCUT2D eigenvalue weighted by atomic mass is 10.0. The van der Waals surface area contributed by atoms with Crippen molar-refractivity contribution < 1.29 is 0 Å². The predicted molar refractivity (Wildman–Crippen MR) is 90.1 cm³/mol. The van der Waals surface area contributed by atoms with E-state index in [1.807, 2.05) is 28.8 Å². The fourth-order valence-electron chi connectivity index (χ4n) is 3.30. The maximum Gasteiger partial charge on any atom is 0.326 e. The van der Waals surface area contributed by atoms with Gasteiger partial charge in [0.2, 0.25) is 0 Å². The third-order valence-electron chi connectivity index (χ3n) is 4.39. The van der Waals surface area contributed by atoms with Gasteiger partial charge in [0.05, 0.1) is 11.0 Å². The maximum absolute atomic E-state index is 12.3. The standard InChI is InChI=1S/C16H16ClN5O/c17-14-15(19-8-7-18-14)21-9-5-11(6-10-21)22-13-4-2-1-3-12(13)20-16(22)23/h1-4,7-8,11H,5-6,9-10H2,(H,20,23). The number of hydrogen-bond donors (Lipinski definition) is 1. The largest absolute Gasteiger partial charge is 0.354 e. The number of nitrogens with zero attached hydrogens (tertiary/aromatic N) is 4. The molecule has 3 heterocycles. The molecule has 0 unspecified atom stereocenters. The van der Waals surface area contributed by atoms with Gasteiger partial charge in [-0.1, -0.05) is 23.7 Å². The highest BCUT2D eigenvalue weighted by molar-refractivity contribution is 6.31. The molecule has 0 atom stereocenters. The Hall–Kier alpha value is -2.34. The van der Waals surface area contributed by atoms with Crippen LogP contribution in [0.2, 0.25) is 5.15 Å². The Labute approximate surface area is 137 Å². The smallest absolute Gasteiger partial charge is 0.326 e. The van der Waals surface area contributed by atoms with Crippen molar-refractivity contribution in [2.45, 2.75) is 18.9 Å². The van der Waals surface area contributed by atoms with Crippen molar-refractivity contribution in [1.82, 2.24) is 19.5 Å². The number of aromatic nitrogens is 4. The first-order valence-corrected chi connectivity index (χ1v) is 8.02. The lowest BCUT2D eigenvalue weighted by Crippen LogP contribution is -2.37. The number of hydrogen-bond acceptors (Lipinski definition) is 4. The summed E-state index contributed by atoms with van der Waals surface area (Å²) in [6, 6.07) is 7.99. The normalized spacial score (nSPS) is 16.1. The van der Waals surface area contributed by atoms with E-state index in [0.29, 0.717) is 5.15 Å². The molecule has 1 N–H and O–H groups in total. The van der Waals surface area contributed by atoms with Crippen LogP contribution in [0.15, 0.2) is 41.5 Å². The van der Waals surface area contributed by atoms with Gasteiger partial charge in [0, 0.05) is 31.5 Å². The number of aromatic amines is 1. The van der Waals surface area contributed by atoms with Crippen molar-refractivity contribution in [3.63, 3.8) is 0 Å². The van der Waals surface area contributed by atoms with Gasteiger partial charge in [0.1, 0.15) is 0 Å². The number of anilines is 1. The Balaban J connectivity index is 1.59. The fraction of sp³-hybridized carbons (Fsp3) is 0.312. The van der Waals surface area contributed by atoms with E-state index in [2.05, 4.69) is 19.9 Å². The summed E-state index contributed by atoms with van der Waals surface area (Å²) in [5, 5.41) is 0.426. The third kappa shape index (κ3) is 2.49. The average Bonchev–Trinajstić information content (AvgIpc) is 2.91. The molecule has 0 aliphatic carbocycles. The molecule has 0 amide bonds. The van der Waals surface area contributed by atoms with Gasteiger partial charge in [0.25, 0.3) is 0 Å². The van der Waals surface area contributed by atoms with Crippen LogP contribution in [0.5, 0.6) is 0 Å². The lowest BCUT2D eigenvalue weighted by Gasteiger charge is -2.33. The first kappa shape index (κ1) is 14.3. The minimum atomic E-state index is -0.0396. The Morgan fingerprint density at radius 3 is 2.65 bits per heavy atom. The van der Waals surface area contributed by atoms with E-state index in [0.717, 1.165) is 42.8 Å². The highest BCUT2D eigenvalue weighted by Gasteiger charge is 2.25. The van der Waals surface area contributed by atoms with Crippen molar-refractivity contribution >= 4 is 28.5 Å². The SMILES string of the molecule is O=c1[nH]c2ccccc2n1C1CCN(c2nccnc2Cl)CC1. The molecule has 4 rings (SSSR count). The Morgan fingerprint density at radius 2 is 1.87 bits per heavy atom. The summed E-state index contributed by atoms with van der Waals surface area (Å²) in [5.74, 6) is 0.721. The summed E-state index contributed by atoms with van der Waals surface area (Å²) in [6.07, 6.45) is 4.98. The van der Waals surface area contributed by atoms with Crippen LogP contribution in [0.1, 0.15) is 18.9 Å². The summed E-state index contributed by atoms with van der Waals surface area (Å²) in [4.78, 5) is 25.7. The molecule has 1 aromatic carbocycles. The van der Waals surface area contributed by atoms with Crippen LogP contribution in [0.25, 0.3) is 11.0 Å². The van der Waals surface area contributed by atoms with Crippen LogP contribution >= 0.6 is 11.6 Å². The average molecular weight is 330 g/mol. The molecular formula is C16H16ClN5O. The number of benzene rings is 1. The number of piperidine rings is 1. The van der Waals surface area contributed by atoms with Crippen LogP contribution in [-0.4, -0.2) is 32.6 Å². The molecule has 118 valence electrons. The first-order valence-electron chi connectivity index (χ1n) is 7.65. The number of imidazole rings is 1. The summed E-state index contributed by atoms with van der Waals surface area (Å²) in [6.45, 7) is 1.60. The second kappa shape index (κ2) is 5.70. The van der Waals surface area contributed by atoms with Crippen molar-refractivity contribution in [1.29, 1.82) is 0 Å². The monoisotopic (exact) mass is 329 g/mol. The van der Waals surface area contributed by atoms with Gasteiger partial charge in [0.15, 0.2) is 11.0 Å². The van der Waals surface area contributed by atoms with Crippen LogP contribution in [0.4, 0.5) is 5.82 Å². The molecule has 0 bridgehead atoms. The molecule has 7 heteroatoms. The van der Waals surface area contributed by atoms with Crippen LogP contribution in [0.3, 0.4) is 0 Å². The molecule has 6 nitrogen and oxygen atoms in total. The van der Waals surface area contributed by atoms with E-state index < -0.39 is 0 Å². The number of para-hydroxylation sites is 2. The van der Waals surface area contributed by atoms with Gasteiger partial charge < -0.3 is 9.88 Å². The third-order valence-corrected chi connectivity index (χ3v) is 4.66. The van der Waals surface area contributed by atoms with E-state index >= 15 is 0 Å². The summed E-state index contributed by atoms with van der Waals surface area (Å²) < 4.78 is 1.88. The van der Waals surface area contributed by atoms with Crippen molar-refractivity contribution in [2.24, 2.45) is 0 Å². The Kier molecular flexibility index (Phi) is 3.53. The van der Waals surface area contributed by atoms with E-state index in [4.69, 9.17) is 11.6 Å². The van der Waals surface area contributed by atoms with Crippen LogP contribution < -0.4 is 10.6 Å². The van der Waals surface area contributed by atoms with Gasteiger partial charge in [-0.05, 0) is 25.0 Å².